The lowest BCUT2D eigenvalue weighted by Crippen LogP contribution is -2.34. The monoisotopic (exact) mass is 342 g/mol. The van der Waals surface area contributed by atoms with Gasteiger partial charge in [0.05, 0.1) is 6.61 Å². The Morgan fingerprint density at radius 3 is 2.54 bits per heavy atom. The third kappa shape index (κ3) is 6.01. The maximum atomic E-state index is 11.9. The number of carbonyl (C=O) groups excluding carboxylic acids is 1. The fourth-order valence-corrected chi connectivity index (χ4v) is 2.46. The van der Waals surface area contributed by atoms with Gasteiger partial charge in [0.15, 0.2) is 5.11 Å². The number of benzene rings is 2. The molecule has 5 heteroatoms. The predicted octanol–water partition coefficient (Wildman–Crippen LogP) is 3.92. The van der Waals surface area contributed by atoms with Crippen molar-refractivity contribution in [1.29, 1.82) is 0 Å². The zero-order chi connectivity index (χ0) is 17.2. The van der Waals surface area contributed by atoms with E-state index in [9.17, 15) is 4.79 Å². The number of rotatable bonds is 7. The highest BCUT2D eigenvalue weighted by molar-refractivity contribution is 7.80. The van der Waals surface area contributed by atoms with Crippen LogP contribution in [0.15, 0.2) is 54.6 Å². The molecule has 2 rings (SSSR count). The molecular formula is C19H22N2O2S. The lowest BCUT2D eigenvalue weighted by atomic mass is 10.1. The number of nitrogens with one attached hydrogen (secondary N) is 2. The van der Waals surface area contributed by atoms with Gasteiger partial charge in [-0.25, -0.2) is 0 Å². The second-order valence-electron chi connectivity index (χ2n) is 5.28. The van der Waals surface area contributed by atoms with Crippen LogP contribution in [-0.4, -0.2) is 17.6 Å². The maximum Gasteiger partial charge on any atom is 0.226 e. The number of ether oxygens (including phenoxy) is 1. The molecule has 24 heavy (non-hydrogen) atoms. The van der Waals surface area contributed by atoms with E-state index in [-0.39, 0.29) is 5.91 Å². The Morgan fingerprint density at radius 1 is 1.08 bits per heavy atom. The molecule has 0 aliphatic heterocycles. The molecule has 0 fully saturated rings. The number of para-hydroxylation sites is 2. The van der Waals surface area contributed by atoms with E-state index >= 15 is 0 Å². The lowest BCUT2D eigenvalue weighted by molar-refractivity contribution is -0.119. The largest absolute Gasteiger partial charge is 0.494 e. The number of anilines is 1. The Hall–Kier alpha value is -2.40. The van der Waals surface area contributed by atoms with Crippen molar-refractivity contribution in [3.63, 3.8) is 0 Å². The third-order valence-corrected chi connectivity index (χ3v) is 3.66. The zero-order valence-electron chi connectivity index (χ0n) is 13.7. The van der Waals surface area contributed by atoms with Crippen LogP contribution in [0.2, 0.25) is 0 Å². The number of aryl methyl sites for hydroxylation is 1. The summed E-state index contributed by atoms with van der Waals surface area (Å²) in [6.45, 7) is 2.57. The minimum atomic E-state index is -0.113. The molecule has 0 aliphatic rings. The molecule has 0 radical (unpaired) electrons. The van der Waals surface area contributed by atoms with Crippen molar-refractivity contribution in [3.8, 4) is 5.75 Å². The topological polar surface area (TPSA) is 50.4 Å². The molecule has 2 aromatic rings. The molecule has 0 spiro atoms. The molecule has 0 saturated heterocycles. The fraction of sp³-hybridized carbons (Fsp3) is 0.263. The first-order chi connectivity index (χ1) is 11.7. The van der Waals surface area contributed by atoms with Gasteiger partial charge < -0.3 is 15.4 Å². The van der Waals surface area contributed by atoms with Crippen molar-refractivity contribution in [2.75, 3.05) is 11.9 Å². The number of hydrogen-bond acceptors (Lipinski definition) is 3. The van der Waals surface area contributed by atoms with E-state index < -0.39 is 0 Å². The average molecular weight is 342 g/mol. The van der Waals surface area contributed by atoms with Gasteiger partial charge in [-0.15, -0.1) is 0 Å². The van der Waals surface area contributed by atoms with Crippen molar-refractivity contribution in [2.24, 2.45) is 0 Å². The van der Waals surface area contributed by atoms with Crippen LogP contribution in [0.25, 0.3) is 0 Å². The Labute approximate surface area is 148 Å². The average Bonchev–Trinajstić information content (AvgIpc) is 2.60. The van der Waals surface area contributed by atoms with Crippen molar-refractivity contribution >= 4 is 28.9 Å². The second-order valence-corrected chi connectivity index (χ2v) is 5.69. The van der Waals surface area contributed by atoms with Crippen LogP contribution in [0, 0.1) is 0 Å². The van der Waals surface area contributed by atoms with Gasteiger partial charge in [0.1, 0.15) is 5.75 Å². The van der Waals surface area contributed by atoms with Crippen molar-refractivity contribution in [1.82, 2.24) is 5.32 Å². The van der Waals surface area contributed by atoms with E-state index in [0.717, 1.165) is 23.4 Å². The van der Waals surface area contributed by atoms with E-state index in [4.69, 9.17) is 17.0 Å². The van der Waals surface area contributed by atoms with Gasteiger partial charge in [-0.2, -0.15) is 0 Å². The molecule has 0 saturated carbocycles. The highest BCUT2D eigenvalue weighted by Gasteiger charge is 2.06. The van der Waals surface area contributed by atoms with Gasteiger partial charge in [-0.3, -0.25) is 4.79 Å². The quantitative estimate of drug-likeness (QED) is 0.591. The molecule has 0 unspecified atom stereocenters. The smallest absolute Gasteiger partial charge is 0.226 e. The highest BCUT2D eigenvalue weighted by Crippen LogP contribution is 2.15. The number of carbonyl (C=O) groups is 1. The van der Waals surface area contributed by atoms with Gasteiger partial charge in [0, 0.05) is 12.1 Å². The van der Waals surface area contributed by atoms with Crippen LogP contribution in [0.5, 0.6) is 5.75 Å². The van der Waals surface area contributed by atoms with Crippen molar-refractivity contribution in [3.05, 3.63) is 60.2 Å². The molecule has 0 bridgehead atoms. The highest BCUT2D eigenvalue weighted by atomic mass is 32.1. The second kappa shape index (κ2) is 9.67. The van der Waals surface area contributed by atoms with Crippen molar-refractivity contribution in [2.45, 2.75) is 26.2 Å². The van der Waals surface area contributed by atoms with Crippen LogP contribution >= 0.6 is 12.2 Å². The molecule has 2 N–H and O–H groups in total. The van der Waals surface area contributed by atoms with E-state index in [1.54, 1.807) is 0 Å². The normalized spacial score (nSPS) is 10.0. The molecule has 0 aliphatic carbocycles. The van der Waals surface area contributed by atoms with Crippen LogP contribution in [0.1, 0.15) is 25.3 Å². The summed E-state index contributed by atoms with van der Waals surface area (Å²) in [5.41, 5.74) is 2.09. The zero-order valence-corrected chi connectivity index (χ0v) is 14.6. The third-order valence-electron chi connectivity index (χ3n) is 3.46. The Morgan fingerprint density at radius 2 is 1.79 bits per heavy atom. The van der Waals surface area contributed by atoms with E-state index in [0.29, 0.717) is 24.6 Å². The standard InChI is InChI=1S/C19H22N2O2S/c1-2-15-9-6-7-12-17(15)20-19(24)21-18(22)13-8-14-23-16-10-4-3-5-11-16/h3-7,9-12H,2,8,13-14H2,1H3,(H2,20,21,22,24). The van der Waals surface area contributed by atoms with Gasteiger partial charge in [-0.05, 0) is 48.8 Å². The Balaban J connectivity index is 1.69. The molecule has 126 valence electrons. The van der Waals surface area contributed by atoms with Crippen LogP contribution < -0.4 is 15.4 Å². The van der Waals surface area contributed by atoms with Gasteiger partial charge >= 0.3 is 0 Å². The van der Waals surface area contributed by atoms with Crippen LogP contribution in [0.3, 0.4) is 0 Å². The van der Waals surface area contributed by atoms with E-state index in [1.165, 1.54) is 0 Å². The summed E-state index contributed by atoms with van der Waals surface area (Å²) in [4.78, 5) is 11.9. The molecule has 1 amide bonds. The summed E-state index contributed by atoms with van der Waals surface area (Å²) in [6, 6.07) is 17.5. The fourth-order valence-electron chi connectivity index (χ4n) is 2.23. The number of thiocarbonyl (C=S) groups is 1. The summed E-state index contributed by atoms with van der Waals surface area (Å²) >= 11 is 5.20. The summed E-state index contributed by atoms with van der Waals surface area (Å²) in [6.07, 6.45) is 1.90. The van der Waals surface area contributed by atoms with Crippen molar-refractivity contribution < 1.29 is 9.53 Å². The van der Waals surface area contributed by atoms with E-state index in [1.807, 2.05) is 54.6 Å². The van der Waals surface area contributed by atoms with Gasteiger partial charge in [-0.1, -0.05) is 43.3 Å². The molecule has 0 aromatic heterocycles. The lowest BCUT2D eigenvalue weighted by Gasteiger charge is -2.12. The van der Waals surface area contributed by atoms with E-state index in [2.05, 4.69) is 17.6 Å². The first-order valence-corrected chi connectivity index (χ1v) is 8.46. The molecule has 0 atom stereocenters. The Kier molecular flexibility index (Phi) is 7.23. The predicted molar refractivity (Wildman–Crippen MR) is 101 cm³/mol. The summed E-state index contributed by atoms with van der Waals surface area (Å²) in [5, 5.41) is 6.11. The first-order valence-electron chi connectivity index (χ1n) is 8.05. The molecular weight excluding hydrogens is 320 g/mol. The minimum Gasteiger partial charge on any atom is -0.494 e. The minimum absolute atomic E-state index is 0.113. The van der Waals surface area contributed by atoms with Gasteiger partial charge in [0.2, 0.25) is 5.91 Å². The molecule has 0 heterocycles. The molecule has 2 aromatic carbocycles. The SMILES string of the molecule is CCc1ccccc1NC(=S)NC(=O)CCCOc1ccccc1. The van der Waals surface area contributed by atoms with Gasteiger partial charge in [0.25, 0.3) is 0 Å². The number of hydrogen-bond donors (Lipinski definition) is 2. The maximum absolute atomic E-state index is 11.9. The number of amides is 1. The first kappa shape index (κ1) is 17.9. The Bertz CT molecular complexity index is 674. The molecule has 4 nitrogen and oxygen atoms in total. The van der Waals surface area contributed by atoms with Crippen LogP contribution in [0.4, 0.5) is 5.69 Å². The summed E-state index contributed by atoms with van der Waals surface area (Å²) < 4.78 is 5.56. The summed E-state index contributed by atoms with van der Waals surface area (Å²) in [7, 11) is 0. The summed E-state index contributed by atoms with van der Waals surface area (Å²) in [5.74, 6) is 0.699. The van der Waals surface area contributed by atoms with Crippen LogP contribution in [-0.2, 0) is 11.2 Å².